The lowest BCUT2D eigenvalue weighted by molar-refractivity contribution is -0.129. The molecular formula is C15H23FN4O. The highest BCUT2D eigenvalue weighted by Gasteiger charge is 2.35. The van der Waals surface area contributed by atoms with Crippen molar-refractivity contribution in [3.05, 3.63) is 23.6 Å². The monoisotopic (exact) mass is 294 g/mol. The van der Waals surface area contributed by atoms with Gasteiger partial charge in [0.25, 0.3) is 5.91 Å². The number of likely N-dealkylation sites (tertiary alicyclic amines) is 1. The van der Waals surface area contributed by atoms with E-state index >= 15 is 0 Å². The fourth-order valence-corrected chi connectivity index (χ4v) is 2.67. The highest BCUT2D eigenvalue weighted by Crippen LogP contribution is 2.32. The predicted molar refractivity (Wildman–Crippen MR) is 78.0 cm³/mol. The first-order chi connectivity index (χ1) is 9.91. The van der Waals surface area contributed by atoms with Crippen LogP contribution in [-0.2, 0) is 11.3 Å². The fourth-order valence-electron chi connectivity index (χ4n) is 2.67. The molecule has 2 heterocycles. The van der Waals surface area contributed by atoms with Gasteiger partial charge in [0.15, 0.2) is 11.7 Å². The molecule has 0 bridgehead atoms. The van der Waals surface area contributed by atoms with E-state index in [4.69, 9.17) is 0 Å². The zero-order valence-corrected chi connectivity index (χ0v) is 13.1. The zero-order chi connectivity index (χ0) is 15.6. The maximum absolute atomic E-state index is 13.9. The molecule has 1 aliphatic rings. The lowest BCUT2D eigenvalue weighted by atomic mass is 10.1. The van der Waals surface area contributed by atoms with E-state index in [9.17, 15) is 9.18 Å². The van der Waals surface area contributed by atoms with Crippen molar-refractivity contribution >= 4 is 5.91 Å². The molecule has 1 amide bonds. The van der Waals surface area contributed by atoms with Gasteiger partial charge < -0.3 is 9.47 Å². The van der Waals surface area contributed by atoms with Crippen LogP contribution in [0, 0.1) is 5.92 Å². The van der Waals surface area contributed by atoms with E-state index in [0.717, 1.165) is 25.2 Å². The van der Waals surface area contributed by atoms with E-state index in [-0.39, 0.29) is 6.04 Å². The lowest BCUT2D eigenvalue weighted by Crippen LogP contribution is -2.32. The zero-order valence-electron chi connectivity index (χ0n) is 13.1. The summed E-state index contributed by atoms with van der Waals surface area (Å²) in [6.45, 7) is 8.82. The molecule has 1 atom stereocenters. The van der Waals surface area contributed by atoms with Crippen LogP contribution in [0.4, 0.5) is 4.39 Å². The standard InChI is InChI=1S/C15H23FN4O/c1-10(2)8-19-9-17-18-14(19)12-6-5-7-20(12)15(21)13(16)11(3)4/h9-10,12H,5-8H2,1-4H3. The average molecular weight is 294 g/mol. The molecule has 0 spiro atoms. The van der Waals surface area contributed by atoms with Crippen LogP contribution < -0.4 is 0 Å². The van der Waals surface area contributed by atoms with E-state index in [1.54, 1.807) is 25.1 Å². The topological polar surface area (TPSA) is 51.0 Å². The van der Waals surface area contributed by atoms with Crippen molar-refractivity contribution in [1.82, 2.24) is 19.7 Å². The number of halogens is 1. The van der Waals surface area contributed by atoms with E-state index < -0.39 is 11.7 Å². The van der Waals surface area contributed by atoms with Crippen molar-refractivity contribution in [2.45, 2.75) is 53.1 Å². The Morgan fingerprint density at radius 1 is 1.48 bits per heavy atom. The maximum Gasteiger partial charge on any atom is 0.283 e. The number of rotatable bonds is 4. The van der Waals surface area contributed by atoms with Crippen LogP contribution >= 0.6 is 0 Å². The van der Waals surface area contributed by atoms with Crippen molar-refractivity contribution < 1.29 is 9.18 Å². The Kier molecular flexibility index (Phi) is 4.75. The number of amides is 1. The van der Waals surface area contributed by atoms with Crippen molar-refractivity contribution in [3.63, 3.8) is 0 Å². The van der Waals surface area contributed by atoms with Crippen molar-refractivity contribution in [3.8, 4) is 0 Å². The molecule has 5 nitrogen and oxygen atoms in total. The Hall–Kier alpha value is -1.72. The Bertz CT molecular complexity index is 546. The molecule has 0 aromatic carbocycles. The van der Waals surface area contributed by atoms with Gasteiger partial charge in [0.2, 0.25) is 0 Å². The minimum Gasteiger partial charge on any atom is -0.326 e. The van der Waals surface area contributed by atoms with Gasteiger partial charge in [0.05, 0.1) is 6.04 Å². The van der Waals surface area contributed by atoms with Crippen molar-refractivity contribution in [2.24, 2.45) is 5.92 Å². The number of nitrogens with zero attached hydrogens (tertiary/aromatic N) is 4. The first kappa shape index (κ1) is 15.7. The summed E-state index contributed by atoms with van der Waals surface area (Å²) < 4.78 is 15.9. The highest BCUT2D eigenvalue weighted by molar-refractivity contribution is 5.92. The molecule has 2 rings (SSSR count). The van der Waals surface area contributed by atoms with Gasteiger partial charge in [-0.25, -0.2) is 4.39 Å². The number of aromatic nitrogens is 3. The Morgan fingerprint density at radius 2 is 2.19 bits per heavy atom. The molecule has 1 fully saturated rings. The van der Waals surface area contributed by atoms with Crippen LogP contribution in [0.5, 0.6) is 0 Å². The van der Waals surface area contributed by atoms with Crippen LogP contribution in [0.25, 0.3) is 0 Å². The third kappa shape index (κ3) is 3.31. The van der Waals surface area contributed by atoms with Gasteiger partial charge in [0, 0.05) is 13.1 Å². The smallest absolute Gasteiger partial charge is 0.283 e. The van der Waals surface area contributed by atoms with Gasteiger partial charge in [-0.15, -0.1) is 10.2 Å². The molecule has 1 aromatic heterocycles. The van der Waals surface area contributed by atoms with E-state index in [2.05, 4.69) is 24.0 Å². The predicted octanol–water partition coefficient (Wildman–Crippen LogP) is 2.86. The highest BCUT2D eigenvalue weighted by atomic mass is 19.1. The average Bonchev–Trinajstić information content (AvgIpc) is 3.04. The Morgan fingerprint density at radius 3 is 2.81 bits per heavy atom. The maximum atomic E-state index is 13.9. The third-order valence-electron chi connectivity index (χ3n) is 3.65. The molecule has 1 aliphatic heterocycles. The molecule has 6 heteroatoms. The van der Waals surface area contributed by atoms with Crippen LogP contribution in [0.1, 0.15) is 52.4 Å². The van der Waals surface area contributed by atoms with Crippen LogP contribution in [0.2, 0.25) is 0 Å². The van der Waals surface area contributed by atoms with Gasteiger partial charge in [-0.1, -0.05) is 13.8 Å². The quantitative estimate of drug-likeness (QED) is 0.802. The first-order valence-electron chi connectivity index (χ1n) is 7.43. The number of carbonyl (C=O) groups is 1. The first-order valence-corrected chi connectivity index (χ1v) is 7.43. The summed E-state index contributed by atoms with van der Waals surface area (Å²) in [6, 6.07) is -0.177. The third-order valence-corrected chi connectivity index (χ3v) is 3.65. The van der Waals surface area contributed by atoms with E-state index in [1.165, 1.54) is 0 Å². The second-order valence-electron chi connectivity index (χ2n) is 6.21. The summed E-state index contributed by atoms with van der Waals surface area (Å²) in [5, 5.41) is 8.13. The molecule has 0 N–H and O–H groups in total. The number of hydrogen-bond donors (Lipinski definition) is 0. The molecule has 0 saturated carbocycles. The summed E-state index contributed by atoms with van der Waals surface area (Å²) in [6.07, 6.45) is 3.35. The molecule has 21 heavy (non-hydrogen) atoms. The summed E-state index contributed by atoms with van der Waals surface area (Å²) in [7, 11) is 0. The molecule has 1 saturated heterocycles. The Labute approximate surface area is 124 Å². The molecular weight excluding hydrogens is 271 g/mol. The Balaban J connectivity index is 2.25. The summed E-state index contributed by atoms with van der Waals surface area (Å²) in [4.78, 5) is 13.8. The van der Waals surface area contributed by atoms with Gasteiger partial charge in [-0.05, 0) is 38.2 Å². The minimum absolute atomic E-state index is 0.177. The van der Waals surface area contributed by atoms with Gasteiger partial charge in [-0.3, -0.25) is 4.79 Å². The van der Waals surface area contributed by atoms with Crippen molar-refractivity contribution in [2.75, 3.05) is 6.54 Å². The lowest BCUT2D eigenvalue weighted by Gasteiger charge is -2.24. The SMILES string of the molecule is CC(C)=C(F)C(=O)N1CCCC1c1nncn1CC(C)C. The number of carbonyl (C=O) groups excluding carboxylic acids is 1. The number of hydrogen-bond acceptors (Lipinski definition) is 3. The van der Waals surface area contributed by atoms with Gasteiger partial charge >= 0.3 is 0 Å². The van der Waals surface area contributed by atoms with Crippen LogP contribution in [-0.4, -0.2) is 32.1 Å². The van der Waals surface area contributed by atoms with Crippen LogP contribution in [0.15, 0.2) is 17.7 Å². The number of allylic oxidation sites excluding steroid dienone is 1. The molecule has 1 aromatic rings. The van der Waals surface area contributed by atoms with E-state index in [1.807, 2.05) is 4.57 Å². The second kappa shape index (κ2) is 6.37. The summed E-state index contributed by atoms with van der Waals surface area (Å²) in [5.74, 6) is 0.0318. The van der Waals surface area contributed by atoms with Gasteiger partial charge in [0.1, 0.15) is 6.33 Å². The normalized spacial score (nSPS) is 18.4. The van der Waals surface area contributed by atoms with Crippen molar-refractivity contribution in [1.29, 1.82) is 0 Å². The molecule has 116 valence electrons. The minimum atomic E-state index is -0.656. The van der Waals surface area contributed by atoms with Gasteiger partial charge in [-0.2, -0.15) is 0 Å². The summed E-state index contributed by atoms with van der Waals surface area (Å²) >= 11 is 0. The van der Waals surface area contributed by atoms with Crippen LogP contribution in [0.3, 0.4) is 0 Å². The summed E-state index contributed by atoms with van der Waals surface area (Å²) in [5.41, 5.74) is 0.411. The second-order valence-corrected chi connectivity index (χ2v) is 6.21. The fraction of sp³-hybridized carbons (Fsp3) is 0.667. The molecule has 1 unspecified atom stereocenters. The largest absolute Gasteiger partial charge is 0.326 e. The van der Waals surface area contributed by atoms with E-state index in [0.29, 0.717) is 18.0 Å². The molecule has 0 radical (unpaired) electrons. The molecule has 0 aliphatic carbocycles.